The molecule has 2 aromatic rings. The Morgan fingerprint density at radius 1 is 1.30 bits per heavy atom. The Hall–Kier alpha value is -1.59. The van der Waals surface area contributed by atoms with E-state index < -0.39 is 5.82 Å². The predicted molar refractivity (Wildman–Crippen MR) is 79.7 cm³/mol. The Bertz CT molecular complexity index is 636. The molecule has 3 nitrogen and oxygen atoms in total. The first-order chi connectivity index (χ1) is 9.56. The zero-order valence-electron chi connectivity index (χ0n) is 10.2. The Morgan fingerprint density at radius 2 is 2.05 bits per heavy atom. The second-order valence-corrected chi connectivity index (χ2v) is 5.15. The molecule has 0 aliphatic carbocycles. The number of hydrogen-bond acceptors (Lipinski definition) is 2. The van der Waals surface area contributed by atoms with Gasteiger partial charge >= 0.3 is 0 Å². The summed E-state index contributed by atoms with van der Waals surface area (Å²) in [5, 5.41) is 2.69. The van der Waals surface area contributed by atoms with Crippen LogP contribution in [0.1, 0.15) is 0 Å². The van der Waals surface area contributed by atoms with E-state index in [0.717, 1.165) is 10.5 Å². The van der Waals surface area contributed by atoms with Gasteiger partial charge < -0.3 is 10.1 Å². The topological polar surface area (TPSA) is 38.3 Å². The van der Waals surface area contributed by atoms with Crippen LogP contribution < -0.4 is 10.1 Å². The minimum atomic E-state index is -0.461. The maximum Gasteiger partial charge on any atom is 0.262 e. The molecule has 0 aliphatic heterocycles. The van der Waals surface area contributed by atoms with E-state index in [9.17, 15) is 9.18 Å². The molecule has 20 heavy (non-hydrogen) atoms. The molecule has 0 atom stereocenters. The highest BCUT2D eigenvalue weighted by Crippen LogP contribution is 2.24. The molecule has 0 spiro atoms. The van der Waals surface area contributed by atoms with Crippen molar-refractivity contribution in [1.82, 2.24) is 0 Å². The standard InChI is InChI=1S/C14H10BrClFNO2/c15-10-3-1-2-4-13(10)20-8-14(19)18-12-6-5-9(17)7-11(12)16/h1-7H,8H2,(H,18,19). The molecule has 6 heteroatoms. The van der Waals surface area contributed by atoms with Crippen LogP contribution in [0.5, 0.6) is 5.75 Å². The lowest BCUT2D eigenvalue weighted by atomic mass is 10.3. The molecule has 1 amide bonds. The first-order valence-electron chi connectivity index (χ1n) is 5.68. The third kappa shape index (κ3) is 3.95. The second kappa shape index (κ2) is 6.72. The minimum Gasteiger partial charge on any atom is -0.483 e. The van der Waals surface area contributed by atoms with Gasteiger partial charge in [0.25, 0.3) is 5.91 Å². The average molecular weight is 359 g/mol. The summed E-state index contributed by atoms with van der Waals surface area (Å²) in [5.74, 6) is -0.278. The molecular weight excluding hydrogens is 349 g/mol. The second-order valence-electron chi connectivity index (χ2n) is 3.89. The van der Waals surface area contributed by atoms with Gasteiger partial charge in [-0.3, -0.25) is 4.79 Å². The average Bonchev–Trinajstić information content (AvgIpc) is 2.41. The van der Waals surface area contributed by atoms with Gasteiger partial charge in [0.1, 0.15) is 11.6 Å². The normalized spacial score (nSPS) is 10.2. The van der Waals surface area contributed by atoms with Gasteiger partial charge in [-0.2, -0.15) is 0 Å². The smallest absolute Gasteiger partial charge is 0.262 e. The summed E-state index contributed by atoms with van der Waals surface area (Å²) in [7, 11) is 0. The largest absolute Gasteiger partial charge is 0.483 e. The Labute approximate surface area is 128 Å². The van der Waals surface area contributed by atoms with Gasteiger partial charge in [0.2, 0.25) is 0 Å². The van der Waals surface area contributed by atoms with Gasteiger partial charge in [0, 0.05) is 0 Å². The van der Waals surface area contributed by atoms with Crippen molar-refractivity contribution < 1.29 is 13.9 Å². The van der Waals surface area contributed by atoms with E-state index in [-0.39, 0.29) is 17.5 Å². The van der Waals surface area contributed by atoms with Gasteiger partial charge in [-0.25, -0.2) is 4.39 Å². The first-order valence-corrected chi connectivity index (χ1v) is 6.85. The highest BCUT2D eigenvalue weighted by atomic mass is 79.9. The van der Waals surface area contributed by atoms with Crippen LogP contribution >= 0.6 is 27.5 Å². The lowest BCUT2D eigenvalue weighted by Crippen LogP contribution is -2.20. The number of rotatable bonds is 4. The van der Waals surface area contributed by atoms with E-state index in [1.54, 1.807) is 12.1 Å². The van der Waals surface area contributed by atoms with E-state index in [1.165, 1.54) is 12.1 Å². The van der Waals surface area contributed by atoms with E-state index in [4.69, 9.17) is 16.3 Å². The van der Waals surface area contributed by atoms with E-state index >= 15 is 0 Å². The molecule has 2 aromatic carbocycles. The molecule has 0 bridgehead atoms. The van der Waals surface area contributed by atoms with Crippen LogP contribution in [-0.2, 0) is 4.79 Å². The maximum absolute atomic E-state index is 12.9. The third-order valence-corrected chi connectivity index (χ3v) is 3.37. The van der Waals surface area contributed by atoms with Crippen LogP contribution in [0.4, 0.5) is 10.1 Å². The van der Waals surface area contributed by atoms with Crippen LogP contribution in [0.25, 0.3) is 0 Å². The highest BCUT2D eigenvalue weighted by Gasteiger charge is 2.08. The van der Waals surface area contributed by atoms with Crippen molar-refractivity contribution in [2.75, 3.05) is 11.9 Å². The number of carbonyl (C=O) groups is 1. The van der Waals surface area contributed by atoms with E-state index in [0.29, 0.717) is 11.4 Å². The van der Waals surface area contributed by atoms with Crippen molar-refractivity contribution in [1.29, 1.82) is 0 Å². The van der Waals surface area contributed by atoms with Gasteiger partial charge in [-0.15, -0.1) is 0 Å². The van der Waals surface area contributed by atoms with Crippen molar-refractivity contribution in [3.63, 3.8) is 0 Å². The molecule has 0 heterocycles. The number of nitrogens with one attached hydrogen (secondary N) is 1. The highest BCUT2D eigenvalue weighted by molar-refractivity contribution is 9.10. The molecule has 0 aliphatic rings. The molecular formula is C14H10BrClFNO2. The quantitative estimate of drug-likeness (QED) is 0.887. The molecule has 0 unspecified atom stereocenters. The summed E-state index contributed by atoms with van der Waals surface area (Å²) < 4.78 is 19.0. The van der Waals surface area contributed by atoms with Crippen molar-refractivity contribution in [3.05, 3.63) is 57.8 Å². The van der Waals surface area contributed by atoms with Crippen LogP contribution in [0.15, 0.2) is 46.9 Å². The van der Waals surface area contributed by atoms with Crippen LogP contribution in [0.3, 0.4) is 0 Å². The molecule has 0 saturated heterocycles. The zero-order chi connectivity index (χ0) is 14.5. The summed E-state index contributed by atoms with van der Waals surface area (Å²) in [5.41, 5.74) is 0.341. The Kier molecular flexibility index (Phi) is 4.98. The van der Waals surface area contributed by atoms with Gasteiger partial charge in [-0.05, 0) is 46.3 Å². The van der Waals surface area contributed by atoms with Crippen molar-refractivity contribution in [2.24, 2.45) is 0 Å². The molecule has 1 N–H and O–H groups in total. The fraction of sp³-hybridized carbons (Fsp3) is 0.0714. The zero-order valence-corrected chi connectivity index (χ0v) is 12.5. The lowest BCUT2D eigenvalue weighted by Gasteiger charge is -2.09. The monoisotopic (exact) mass is 357 g/mol. The molecule has 0 fully saturated rings. The fourth-order valence-corrected chi connectivity index (χ4v) is 2.10. The fourth-order valence-electron chi connectivity index (χ4n) is 1.48. The number of halogens is 3. The summed E-state index contributed by atoms with van der Waals surface area (Å²) in [6.07, 6.45) is 0. The number of ether oxygens (including phenoxy) is 1. The summed E-state index contributed by atoms with van der Waals surface area (Å²) in [6.45, 7) is -0.170. The third-order valence-electron chi connectivity index (χ3n) is 2.40. The molecule has 104 valence electrons. The maximum atomic E-state index is 12.9. The lowest BCUT2D eigenvalue weighted by molar-refractivity contribution is -0.118. The van der Waals surface area contributed by atoms with Crippen LogP contribution in [0.2, 0.25) is 5.02 Å². The molecule has 0 saturated carbocycles. The Morgan fingerprint density at radius 3 is 2.75 bits per heavy atom. The van der Waals surface area contributed by atoms with E-state index in [1.807, 2.05) is 12.1 Å². The van der Waals surface area contributed by atoms with Crippen molar-refractivity contribution >= 4 is 39.1 Å². The van der Waals surface area contributed by atoms with Crippen molar-refractivity contribution in [3.8, 4) is 5.75 Å². The summed E-state index contributed by atoms with van der Waals surface area (Å²) >= 11 is 9.13. The first kappa shape index (κ1) is 14.8. The number of anilines is 1. The Balaban J connectivity index is 1.94. The van der Waals surface area contributed by atoms with Crippen LogP contribution in [-0.4, -0.2) is 12.5 Å². The van der Waals surface area contributed by atoms with Gasteiger partial charge in [0.05, 0.1) is 15.2 Å². The van der Waals surface area contributed by atoms with Gasteiger partial charge in [0.15, 0.2) is 6.61 Å². The number of benzene rings is 2. The molecule has 0 radical (unpaired) electrons. The minimum absolute atomic E-state index is 0.138. The summed E-state index contributed by atoms with van der Waals surface area (Å²) in [4.78, 5) is 11.7. The number of carbonyl (C=O) groups excluding carboxylic acids is 1. The van der Waals surface area contributed by atoms with Crippen LogP contribution in [0, 0.1) is 5.82 Å². The molecule has 2 rings (SSSR count). The molecule has 0 aromatic heterocycles. The SMILES string of the molecule is O=C(COc1ccccc1Br)Nc1ccc(F)cc1Cl. The predicted octanol–water partition coefficient (Wildman–Crippen LogP) is 4.26. The van der Waals surface area contributed by atoms with E-state index in [2.05, 4.69) is 21.2 Å². The number of amides is 1. The number of para-hydroxylation sites is 1. The van der Waals surface area contributed by atoms with Gasteiger partial charge in [-0.1, -0.05) is 23.7 Å². The number of hydrogen-bond donors (Lipinski definition) is 1. The van der Waals surface area contributed by atoms with Crippen molar-refractivity contribution in [2.45, 2.75) is 0 Å². The summed E-state index contributed by atoms with van der Waals surface area (Å²) in [6, 6.07) is 10.9.